The lowest BCUT2D eigenvalue weighted by Crippen LogP contribution is -2.38. The topological polar surface area (TPSA) is 83.5 Å². The summed E-state index contributed by atoms with van der Waals surface area (Å²) < 4.78 is 7.50. The second-order valence-corrected chi connectivity index (χ2v) is 5.61. The van der Waals surface area contributed by atoms with Crippen LogP contribution in [0.5, 0.6) is 5.75 Å². The Morgan fingerprint density at radius 3 is 2.84 bits per heavy atom. The summed E-state index contributed by atoms with van der Waals surface area (Å²) in [6.45, 7) is 1.96. The minimum Gasteiger partial charge on any atom is -0.480 e. The van der Waals surface area contributed by atoms with E-state index in [2.05, 4.69) is 16.3 Å². The number of nitrogens with zero attached hydrogens (tertiary/aromatic N) is 5. The highest BCUT2D eigenvalue weighted by atomic mass is 16.5. The highest BCUT2D eigenvalue weighted by molar-refractivity contribution is 5.80. The molecule has 0 fully saturated rings. The van der Waals surface area contributed by atoms with Gasteiger partial charge < -0.3 is 9.64 Å². The number of fused-ring (bicyclic) bond motifs is 1. The maximum atomic E-state index is 12.6. The van der Waals surface area contributed by atoms with E-state index in [-0.39, 0.29) is 5.91 Å². The average Bonchev–Trinajstić information content (AvgIpc) is 3.04. The zero-order valence-corrected chi connectivity index (χ0v) is 14.0. The molecule has 2 aromatic heterocycles. The van der Waals surface area contributed by atoms with Gasteiger partial charge >= 0.3 is 0 Å². The first-order valence-corrected chi connectivity index (χ1v) is 7.79. The van der Waals surface area contributed by atoms with Gasteiger partial charge in [-0.15, -0.1) is 10.2 Å². The van der Waals surface area contributed by atoms with Crippen molar-refractivity contribution in [1.82, 2.24) is 19.5 Å². The van der Waals surface area contributed by atoms with Crippen molar-refractivity contribution in [3.8, 4) is 11.8 Å². The van der Waals surface area contributed by atoms with Gasteiger partial charge in [-0.1, -0.05) is 18.2 Å². The quantitative estimate of drug-likeness (QED) is 0.712. The van der Waals surface area contributed by atoms with E-state index in [0.717, 1.165) is 5.65 Å². The fraction of sp³-hybridized carbons (Fsp3) is 0.222. The number of amides is 1. The number of carbonyl (C=O) groups is 1. The molecule has 1 aromatic carbocycles. The number of nitriles is 1. The van der Waals surface area contributed by atoms with Crippen molar-refractivity contribution in [2.75, 3.05) is 7.05 Å². The minimum absolute atomic E-state index is 0.208. The molecule has 0 N–H and O–H groups in total. The number of ether oxygens (including phenoxy) is 1. The van der Waals surface area contributed by atoms with Crippen molar-refractivity contribution in [3.05, 3.63) is 60.0 Å². The first kappa shape index (κ1) is 16.5. The second-order valence-electron chi connectivity index (χ2n) is 5.61. The van der Waals surface area contributed by atoms with E-state index < -0.39 is 6.10 Å². The van der Waals surface area contributed by atoms with Gasteiger partial charge in [0, 0.05) is 13.2 Å². The van der Waals surface area contributed by atoms with Gasteiger partial charge in [-0.25, -0.2) is 0 Å². The molecular formula is C18H17N5O2. The molecule has 0 spiro atoms. The normalized spacial score (nSPS) is 11.7. The van der Waals surface area contributed by atoms with E-state index in [9.17, 15) is 4.79 Å². The smallest absolute Gasteiger partial charge is 0.263 e. The molecule has 2 heterocycles. The highest BCUT2D eigenvalue weighted by Gasteiger charge is 2.21. The van der Waals surface area contributed by atoms with Crippen LogP contribution in [-0.2, 0) is 11.3 Å². The van der Waals surface area contributed by atoms with Crippen LogP contribution in [-0.4, -0.2) is 38.6 Å². The van der Waals surface area contributed by atoms with Crippen molar-refractivity contribution in [2.45, 2.75) is 19.6 Å². The summed E-state index contributed by atoms with van der Waals surface area (Å²) in [5.74, 6) is 0.851. The van der Waals surface area contributed by atoms with Gasteiger partial charge in [0.05, 0.1) is 12.1 Å². The molecule has 126 valence electrons. The summed E-state index contributed by atoms with van der Waals surface area (Å²) in [6, 6.07) is 14.5. The molecule has 0 aliphatic carbocycles. The number of aromatic nitrogens is 3. The molecule has 25 heavy (non-hydrogen) atoms. The number of benzene rings is 1. The third-order valence-electron chi connectivity index (χ3n) is 3.80. The molecule has 0 unspecified atom stereocenters. The minimum atomic E-state index is -0.723. The van der Waals surface area contributed by atoms with Crippen LogP contribution in [0.2, 0.25) is 0 Å². The zero-order valence-electron chi connectivity index (χ0n) is 14.0. The predicted octanol–water partition coefficient (Wildman–Crippen LogP) is 2.03. The predicted molar refractivity (Wildman–Crippen MR) is 90.7 cm³/mol. The third kappa shape index (κ3) is 3.43. The number of hydrogen-bond acceptors (Lipinski definition) is 5. The number of para-hydroxylation sites is 1. The molecule has 1 amide bonds. The van der Waals surface area contributed by atoms with Gasteiger partial charge in [0.1, 0.15) is 11.8 Å². The Hall–Kier alpha value is -3.40. The number of pyridine rings is 1. The van der Waals surface area contributed by atoms with E-state index in [1.165, 1.54) is 4.90 Å². The monoisotopic (exact) mass is 335 g/mol. The zero-order chi connectivity index (χ0) is 17.8. The summed E-state index contributed by atoms with van der Waals surface area (Å²) in [4.78, 5) is 14.1. The largest absolute Gasteiger partial charge is 0.480 e. The number of carbonyl (C=O) groups excluding carboxylic acids is 1. The van der Waals surface area contributed by atoms with Crippen LogP contribution in [0.4, 0.5) is 0 Å². The van der Waals surface area contributed by atoms with Crippen LogP contribution in [0.15, 0.2) is 48.7 Å². The lowest BCUT2D eigenvalue weighted by Gasteiger charge is -2.21. The van der Waals surface area contributed by atoms with Gasteiger partial charge in [0.2, 0.25) is 0 Å². The van der Waals surface area contributed by atoms with Crippen LogP contribution in [0.25, 0.3) is 5.65 Å². The molecule has 3 rings (SSSR count). The number of likely N-dealkylation sites (N-methyl/N-ethyl adjacent to an activating group) is 1. The van der Waals surface area contributed by atoms with Gasteiger partial charge in [0.25, 0.3) is 5.91 Å². The van der Waals surface area contributed by atoms with Crippen LogP contribution in [0, 0.1) is 11.3 Å². The van der Waals surface area contributed by atoms with E-state index in [0.29, 0.717) is 23.7 Å². The molecule has 0 aliphatic heterocycles. The number of rotatable bonds is 5. The number of hydrogen-bond donors (Lipinski definition) is 0. The van der Waals surface area contributed by atoms with Gasteiger partial charge in [0.15, 0.2) is 17.6 Å². The van der Waals surface area contributed by atoms with Crippen molar-refractivity contribution in [1.29, 1.82) is 5.26 Å². The second kappa shape index (κ2) is 7.01. The van der Waals surface area contributed by atoms with Crippen LogP contribution >= 0.6 is 0 Å². The Balaban J connectivity index is 1.70. The van der Waals surface area contributed by atoms with Crippen molar-refractivity contribution >= 4 is 11.6 Å². The fourth-order valence-corrected chi connectivity index (χ4v) is 2.50. The lowest BCUT2D eigenvalue weighted by molar-refractivity contribution is -0.137. The van der Waals surface area contributed by atoms with Gasteiger partial charge in [-0.05, 0) is 31.2 Å². The van der Waals surface area contributed by atoms with E-state index >= 15 is 0 Å². The molecule has 0 aliphatic rings. The summed E-state index contributed by atoms with van der Waals surface area (Å²) in [6.07, 6.45) is 1.13. The van der Waals surface area contributed by atoms with Gasteiger partial charge in [-0.3, -0.25) is 9.20 Å². The first-order chi connectivity index (χ1) is 12.1. The molecule has 7 nitrogen and oxygen atoms in total. The van der Waals surface area contributed by atoms with Crippen molar-refractivity contribution in [3.63, 3.8) is 0 Å². The maximum absolute atomic E-state index is 12.6. The SMILES string of the molecule is C[C@@H](Oc1ccccc1C#N)C(=O)N(C)Cc1nnc2ccccn12. The Morgan fingerprint density at radius 1 is 1.28 bits per heavy atom. The molecule has 0 saturated carbocycles. The molecule has 3 aromatic rings. The highest BCUT2D eigenvalue weighted by Crippen LogP contribution is 2.19. The standard InChI is InChI=1S/C18H17N5O2/c1-13(25-15-8-4-3-7-14(15)11-19)18(24)22(2)12-17-21-20-16-9-5-6-10-23(16)17/h3-10,13H,12H2,1-2H3/t13-/m1/s1. The molecule has 0 saturated heterocycles. The molecular weight excluding hydrogens is 318 g/mol. The van der Waals surface area contributed by atoms with E-state index in [1.807, 2.05) is 28.8 Å². The Morgan fingerprint density at radius 2 is 2.04 bits per heavy atom. The Bertz CT molecular complexity index is 944. The third-order valence-corrected chi connectivity index (χ3v) is 3.80. The van der Waals surface area contributed by atoms with Crippen LogP contribution in [0.1, 0.15) is 18.3 Å². The Labute approximate surface area is 145 Å². The first-order valence-electron chi connectivity index (χ1n) is 7.79. The van der Waals surface area contributed by atoms with E-state index in [4.69, 9.17) is 10.00 Å². The van der Waals surface area contributed by atoms with Crippen LogP contribution in [0.3, 0.4) is 0 Å². The van der Waals surface area contributed by atoms with Crippen molar-refractivity contribution in [2.24, 2.45) is 0 Å². The maximum Gasteiger partial charge on any atom is 0.263 e. The summed E-state index contributed by atoms with van der Waals surface area (Å²) in [5, 5.41) is 17.3. The summed E-state index contributed by atoms with van der Waals surface area (Å²) in [5.41, 5.74) is 1.12. The summed E-state index contributed by atoms with van der Waals surface area (Å²) in [7, 11) is 1.68. The average molecular weight is 335 g/mol. The molecule has 0 radical (unpaired) electrons. The van der Waals surface area contributed by atoms with Crippen molar-refractivity contribution < 1.29 is 9.53 Å². The van der Waals surface area contributed by atoms with Gasteiger partial charge in [-0.2, -0.15) is 5.26 Å². The van der Waals surface area contributed by atoms with E-state index in [1.54, 1.807) is 38.2 Å². The molecule has 0 bridgehead atoms. The molecule has 7 heteroatoms. The summed E-state index contributed by atoms with van der Waals surface area (Å²) >= 11 is 0. The van der Waals surface area contributed by atoms with Crippen LogP contribution < -0.4 is 4.74 Å². The Kier molecular flexibility index (Phi) is 4.61. The lowest BCUT2D eigenvalue weighted by atomic mass is 10.2. The fourth-order valence-electron chi connectivity index (χ4n) is 2.50. The molecule has 1 atom stereocenters.